The van der Waals surface area contributed by atoms with E-state index in [0.29, 0.717) is 36.2 Å². The van der Waals surface area contributed by atoms with E-state index in [1.54, 1.807) is 25.1 Å². The van der Waals surface area contributed by atoms with E-state index in [1.807, 2.05) is 19.1 Å². The van der Waals surface area contributed by atoms with E-state index >= 15 is 0 Å². The molecule has 0 bridgehead atoms. The lowest BCUT2D eigenvalue weighted by atomic mass is 10.2. The molecule has 0 saturated carbocycles. The van der Waals surface area contributed by atoms with Crippen LogP contribution in [0.2, 0.25) is 0 Å². The number of nitrogens with one attached hydrogen (secondary N) is 2. The van der Waals surface area contributed by atoms with Crippen LogP contribution in [0.1, 0.15) is 36.1 Å². The van der Waals surface area contributed by atoms with E-state index in [9.17, 15) is 4.79 Å². The second-order valence-corrected chi connectivity index (χ2v) is 6.11. The highest BCUT2D eigenvalue weighted by molar-refractivity contribution is 6.03. The standard InChI is InChI=1S/C19H24N4O3/c1-3-25-15-8-6-14(7-9-15)23-19(24)17-11-18(22-13(2)21-17)20-12-16-5-4-10-26-16/h6-9,11,16H,3-5,10,12H2,1-2H3,(H,23,24)(H,20,21,22). The van der Waals surface area contributed by atoms with Gasteiger partial charge in [-0.2, -0.15) is 0 Å². The van der Waals surface area contributed by atoms with Crippen LogP contribution in [0.3, 0.4) is 0 Å². The van der Waals surface area contributed by atoms with Crippen LogP contribution >= 0.6 is 0 Å². The summed E-state index contributed by atoms with van der Waals surface area (Å²) < 4.78 is 11.0. The third kappa shape index (κ3) is 4.92. The minimum absolute atomic E-state index is 0.200. The zero-order valence-electron chi connectivity index (χ0n) is 15.1. The average molecular weight is 356 g/mol. The highest BCUT2D eigenvalue weighted by Crippen LogP contribution is 2.17. The van der Waals surface area contributed by atoms with Gasteiger partial charge in [-0.25, -0.2) is 9.97 Å². The number of ether oxygens (including phenoxy) is 2. The monoisotopic (exact) mass is 356 g/mol. The lowest BCUT2D eigenvalue weighted by Gasteiger charge is -2.12. The smallest absolute Gasteiger partial charge is 0.274 e. The average Bonchev–Trinajstić information content (AvgIpc) is 3.15. The summed E-state index contributed by atoms with van der Waals surface area (Å²) in [5.41, 5.74) is 1.00. The third-order valence-electron chi connectivity index (χ3n) is 4.03. The summed E-state index contributed by atoms with van der Waals surface area (Å²) in [5, 5.41) is 6.08. The number of aryl methyl sites for hydroxylation is 1. The van der Waals surface area contributed by atoms with Crippen molar-refractivity contribution < 1.29 is 14.3 Å². The minimum Gasteiger partial charge on any atom is -0.494 e. The molecule has 0 aliphatic carbocycles. The molecule has 1 unspecified atom stereocenters. The summed E-state index contributed by atoms with van der Waals surface area (Å²) in [4.78, 5) is 21.1. The number of anilines is 2. The molecule has 7 heteroatoms. The first-order chi connectivity index (χ1) is 12.6. The van der Waals surface area contributed by atoms with E-state index in [1.165, 1.54) is 0 Å². The van der Waals surface area contributed by atoms with Crippen molar-refractivity contribution in [3.8, 4) is 5.75 Å². The molecule has 1 atom stereocenters. The Morgan fingerprint density at radius 3 is 2.81 bits per heavy atom. The first-order valence-corrected chi connectivity index (χ1v) is 8.89. The number of rotatable bonds is 7. The molecule has 3 rings (SSSR count). The predicted octanol–water partition coefficient (Wildman–Crippen LogP) is 3.03. The summed E-state index contributed by atoms with van der Waals surface area (Å²) in [6, 6.07) is 8.89. The Hall–Kier alpha value is -2.67. The van der Waals surface area contributed by atoms with Gasteiger partial charge in [0.1, 0.15) is 23.1 Å². The van der Waals surface area contributed by atoms with Gasteiger partial charge in [0.15, 0.2) is 0 Å². The normalized spacial score (nSPS) is 16.3. The number of nitrogens with zero attached hydrogens (tertiary/aromatic N) is 2. The summed E-state index contributed by atoms with van der Waals surface area (Å²) in [5.74, 6) is 1.66. The van der Waals surface area contributed by atoms with E-state index in [0.717, 1.165) is 25.2 Å². The quantitative estimate of drug-likeness (QED) is 0.793. The van der Waals surface area contributed by atoms with Crippen LogP contribution in [0.4, 0.5) is 11.5 Å². The van der Waals surface area contributed by atoms with Gasteiger partial charge in [0.25, 0.3) is 5.91 Å². The van der Waals surface area contributed by atoms with Crippen LogP contribution < -0.4 is 15.4 Å². The van der Waals surface area contributed by atoms with E-state index in [2.05, 4.69) is 20.6 Å². The van der Waals surface area contributed by atoms with Crippen LogP contribution in [0.25, 0.3) is 0 Å². The topological polar surface area (TPSA) is 85.4 Å². The lowest BCUT2D eigenvalue weighted by molar-refractivity contribution is 0.102. The summed E-state index contributed by atoms with van der Waals surface area (Å²) in [7, 11) is 0. The molecule has 1 aliphatic rings. The zero-order chi connectivity index (χ0) is 18.4. The molecule has 26 heavy (non-hydrogen) atoms. The van der Waals surface area contributed by atoms with Crippen molar-refractivity contribution in [2.24, 2.45) is 0 Å². The Balaban J connectivity index is 1.64. The molecule has 1 saturated heterocycles. The van der Waals surface area contributed by atoms with Crippen LogP contribution in [0, 0.1) is 6.92 Å². The van der Waals surface area contributed by atoms with Gasteiger partial charge < -0.3 is 20.1 Å². The first kappa shape index (κ1) is 18.1. The molecule has 1 fully saturated rings. The number of aromatic nitrogens is 2. The maximum absolute atomic E-state index is 12.5. The Morgan fingerprint density at radius 2 is 2.12 bits per heavy atom. The molecular formula is C19H24N4O3. The highest BCUT2D eigenvalue weighted by Gasteiger charge is 2.16. The maximum atomic E-state index is 12.5. The van der Waals surface area contributed by atoms with Crippen LogP contribution in [0.15, 0.2) is 30.3 Å². The fourth-order valence-corrected chi connectivity index (χ4v) is 2.79. The number of carbonyl (C=O) groups is 1. The van der Waals surface area contributed by atoms with Crippen LogP contribution in [-0.2, 0) is 4.74 Å². The second kappa shape index (κ2) is 8.62. The molecule has 2 N–H and O–H groups in total. The summed E-state index contributed by atoms with van der Waals surface area (Å²) in [6.07, 6.45) is 2.33. The van der Waals surface area contributed by atoms with Crippen molar-refractivity contribution in [3.05, 3.63) is 41.9 Å². The van der Waals surface area contributed by atoms with E-state index in [4.69, 9.17) is 9.47 Å². The Kier molecular flexibility index (Phi) is 6.01. The molecule has 1 amide bonds. The fraction of sp³-hybridized carbons (Fsp3) is 0.421. The Bertz CT molecular complexity index is 743. The van der Waals surface area contributed by atoms with Gasteiger partial charge in [0.2, 0.25) is 0 Å². The van der Waals surface area contributed by atoms with Gasteiger partial charge in [0.05, 0.1) is 12.7 Å². The number of benzene rings is 1. The molecule has 2 aromatic rings. The molecular weight excluding hydrogens is 332 g/mol. The molecule has 138 valence electrons. The molecule has 0 spiro atoms. The van der Waals surface area contributed by atoms with Gasteiger partial charge in [-0.05, 0) is 51.0 Å². The van der Waals surface area contributed by atoms with Crippen LogP contribution in [0.5, 0.6) is 5.75 Å². The van der Waals surface area contributed by atoms with Gasteiger partial charge in [-0.15, -0.1) is 0 Å². The molecule has 1 aliphatic heterocycles. The van der Waals surface area contributed by atoms with E-state index < -0.39 is 0 Å². The Morgan fingerprint density at radius 1 is 1.31 bits per heavy atom. The molecule has 0 radical (unpaired) electrons. The van der Waals surface area contributed by atoms with Crippen LogP contribution in [-0.4, -0.2) is 41.7 Å². The number of hydrogen-bond acceptors (Lipinski definition) is 6. The fourth-order valence-electron chi connectivity index (χ4n) is 2.79. The molecule has 1 aromatic heterocycles. The van der Waals surface area contributed by atoms with Crippen molar-refractivity contribution in [1.29, 1.82) is 0 Å². The Labute approximate surface area is 153 Å². The highest BCUT2D eigenvalue weighted by atomic mass is 16.5. The summed E-state index contributed by atoms with van der Waals surface area (Å²) >= 11 is 0. The molecule has 7 nitrogen and oxygen atoms in total. The third-order valence-corrected chi connectivity index (χ3v) is 4.03. The zero-order valence-corrected chi connectivity index (χ0v) is 15.1. The van der Waals surface area contributed by atoms with Gasteiger partial charge >= 0.3 is 0 Å². The lowest BCUT2D eigenvalue weighted by Crippen LogP contribution is -2.20. The predicted molar refractivity (Wildman–Crippen MR) is 99.8 cm³/mol. The van der Waals surface area contributed by atoms with Crippen molar-refractivity contribution >= 4 is 17.4 Å². The largest absolute Gasteiger partial charge is 0.494 e. The molecule has 2 heterocycles. The first-order valence-electron chi connectivity index (χ1n) is 8.89. The van der Waals surface area contributed by atoms with Crippen molar-refractivity contribution in [3.63, 3.8) is 0 Å². The number of hydrogen-bond donors (Lipinski definition) is 2. The maximum Gasteiger partial charge on any atom is 0.274 e. The summed E-state index contributed by atoms with van der Waals surface area (Å²) in [6.45, 7) is 5.79. The van der Waals surface area contributed by atoms with E-state index in [-0.39, 0.29) is 12.0 Å². The minimum atomic E-state index is -0.278. The molecule has 1 aromatic carbocycles. The van der Waals surface area contributed by atoms with Crippen molar-refractivity contribution in [1.82, 2.24) is 9.97 Å². The number of amides is 1. The second-order valence-electron chi connectivity index (χ2n) is 6.11. The van der Waals surface area contributed by atoms with Gasteiger partial charge in [-0.3, -0.25) is 4.79 Å². The number of carbonyl (C=O) groups excluding carboxylic acids is 1. The van der Waals surface area contributed by atoms with Gasteiger partial charge in [-0.1, -0.05) is 0 Å². The van der Waals surface area contributed by atoms with Crippen molar-refractivity contribution in [2.45, 2.75) is 32.8 Å². The van der Waals surface area contributed by atoms with Crippen molar-refractivity contribution in [2.75, 3.05) is 30.4 Å². The SMILES string of the molecule is CCOc1ccc(NC(=O)c2cc(NCC3CCCO3)nc(C)n2)cc1. The van der Waals surface area contributed by atoms with Gasteiger partial charge in [0, 0.05) is 24.9 Å².